The maximum atomic E-state index is 13.0. The topological polar surface area (TPSA) is 83.9 Å². The summed E-state index contributed by atoms with van der Waals surface area (Å²) in [6, 6.07) is 12.6. The highest BCUT2D eigenvalue weighted by molar-refractivity contribution is 7.99. The SMILES string of the molecule is CCCN(CCSc1ccc(OCC(=O)O)c(C)c1)S(=O)(=O)c1ccc(CC)cc1. The van der Waals surface area contributed by atoms with Crippen LogP contribution in [0.4, 0.5) is 0 Å². The van der Waals surface area contributed by atoms with Gasteiger partial charge in [-0.05, 0) is 61.2 Å². The van der Waals surface area contributed by atoms with Gasteiger partial charge in [-0.15, -0.1) is 11.8 Å². The Balaban J connectivity index is 2.02. The molecule has 30 heavy (non-hydrogen) atoms. The van der Waals surface area contributed by atoms with E-state index in [-0.39, 0.29) is 6.61 Å². The minimum Gasteiger partial charge on any atom is -0.482 e. The van der Waals surface area contributed by atoms with Gasteiger partial charge in [0, 0.05) is 23.7 Å². The van der Waals surface area contributed by atoms with Crippen LogP contribution in [0.25, 0.3) is 0 Å². The van der Waals surface area contributed by atoms with Crippen LogP contribution in [0.3, 0.4) is 0 Å². The third-order valence-corrected chi connectivity index (χ3v) is 7.44. The van der Waals surface area contributed by atoms with E-state index >= 15 is 0 Å². The second-order valence-corrected chi connectivity index (χ2v) is 9.97. The van der Waals surface area contributed by atoms with Crippen molar-refractivity contribution in [2.45, 2.75) is 43.4 Å². The molecule has 164 valence electrons. The highest BCUT2D eigenvalue weighted by Gasteiger charge is 2.23. The molecule has 2 aromatic rings. The van der Waals surface area contributed by atoms with Gasteiger partial charge in [0.2, 0.25) is 10.0 Å². The summed E-state index contributed by atoms with van der Waals surface area (Å²) in [6.45, 7) is 6.36. The van der Waals surface area contributed by atoms with Crippen molar-refractivity contribution in [1.29, 1.82) is 0 Å². The lowest BCUT2D eigenvalue weighted by Crippen LogP contribution is -2.33. The molecule has 0 amide bonds. The molecule has 0 aliphatic heterocycles. The molecule has 2 aromatic carbocycles. The van der Waals surface area contributed by atoms with Gasteiger partial charge >= 0.3 is 5.97 Å². The van der Waals surface area contributed by atoms with Crippen LogP contribution < -0.4 is 4.74 Å². The molecule has 0 aliphatic carbocycles. The van der Waals surface area contributed by atoms with Crippen molar-refractivity contribution in [3.63, 3.8) is 0 Å². The zero-order valence-corrected chi connectivity index (χ0v) is 19.3. The first-order valence-corrected chi connectivity index (χ1v) is 12.4. The summed E-state index contributed by atoms with van der Waals surface area (Å²) >= 11 is 1.56. The Morgan fingerprint density at radius 2 is 1.80 bits per heavy atom. The van der Waals surface area contributed by atoms with Gasteiger partial charge in [-0.25, -0.2) is 13.2 Å². The lowest BCUT2D eigenvalue weighted by Gasteiger charge is -2.21. The molecule has 0 fully saturated rings. The van der Waals surface area contributed by atoms with E-state index in [2.05, 4.69) is 0 Å². The molecule has 0 aliphatic rings. The quantitative estimate of drug-likeness (QED) is 0.487. The number of hydrogen-bond donors (Lipinski definition) is 1. The van der Waals surface area contributed by atoms with Crippen LogP contribution in [-0.2, 0) is 21.2 Å². The second-order valence-electron chi connectivity index (χ2n) is 6.86. The average Bonchev–Trinajstić information content (AvgIpc) is 2.72. The highest BCUT2D eigenvalue weighted by Crippen LogP contribution is 2.26. The van der Waals surface area contributed by atoms with Crippen molar-refractivity contribution in [2.75, 3.05) is 25.4 Å². The van der Waals surface area contributed by atoms with Crippen molar-refractivity contribution < 1.29 is 23.1 Å². The number of hydrogen-bond acceptors (Lipinski definition) is 5. The lowest BCUT2D eigenvalue weighted by molar-refractivity contribution is -0.139. The number of aryl methyl sites for hydroxylation is 2. The van der Waals surface area contributed by atoms with Gasteiger partial charge in [-0.3, -0.25) is 0 Å². The normalized spacial score (nSPS) is 11.6. The largest absolute Gasteiger partial charge is 0.482 e. The Morgan fingerprint density at radius 1 is 1.10 bits per heavy atom. The van der Waals surface area contributed by atoms with E-state index in [0.29, 0.717) is 29.5 Å². The monoisotopic (exact) mass is 451 g/mol. The van der Waals surface area contributed by atoms with E-state index in [1.165, 1.54) is 4.31 Å². The fourth-order valence-electron chi connectivity index (χ4n) is 2.93. The summed E-state index contributed by atoms with van der Waals surface area (Å²) in [5, 5.41) is 8.72. The number of aliphatic carboxylic acids is 1. The van der Waals surface area contributed by atoms with Crippen LogP contribution in [0.5, 0.6) is 5.75 Å². The number of rotatable bonds is 12. The Labute approximate surface area is 183 Å². The molecule has 0 saturated heterocycles. The van der Waals surface area contributed by atoms with Gasteiger partial charge in [0.25, 0.3) is 0 Å². The third kappa shape index (κ3) is 6.75. The van der Waals surface area contributed by atoms with Crippen molar-refractivity contribution in [3.05, 3.63) is 53.6 Å². The van der Waals surface area contributed by atoms with E-state index in [9.17, 15) is 13.2 Å². The maximum Gasteiger partial charge on any atom is 0.341 e. The van der Waals surface area contributed by atoms with Crippen molar-refractivity contribution >= 4 is 27.8 Å². The molecule has 0 unspecified atom stereocenters. The first kappa shape index (κ1) is 24.2. The molecule has 0 aromatic heterocycles. The number of benzene rings is 2. The van der Waals surface area contributed by atoms with E-state index in [1.54, 1.807) is 30.0 Å². The maximum absolute atomic E-state index is 13.0. The fraction of sp³-hybridized carbons (Fsp3) is 0.409. The summed E-state index contributed by atoms with van der Waals surface area (Å²) in [5.41, 5.74) is 1.95. The molecule has 0 spiro atoms. The highest BCUT2D eigenvalue weighted by atomic mass is 32.2. The number of carboxylic acids is 1. The van der Waals surface area contributed by atoms with Gasteiger partial charge in [0.05, 0.1) is 4.90 Å². The zero-order chi connectivity index (χ0) is 22.1. The number of carbonyl (C=O) groups is 1. The first-order chi connectivity index (χ1) is 14.3. The number of nitrogens with zero attached hydrogens (tertiary/aromatic N) is 1. The summed E-state index contributed by atoms with van der Waals surface area (Å²) in [7, 11) is -3.53. The second kappa shape index (κ2) is 11.4. The molecule has 8 heteroatoms. The Hall–Kier alpha value is -2.03. The Kier molecular flexibility index (Phi) is 9.20. The molecular formula is C22H29NO5S2. The third-order valence-electron chi connectivity index (χ3n) is 4.55. The predicted octanol–water partition coefficient (Wildman–Crippen LogP) is 4.21. The molecule has 0 bridgehead atoms. The molecular weight excluding hydrogens is 422 g/mol. The van der Waals surface area contributed by atoms with Gasteiger partial charge in [0.1, 0.15) is 5.75 Å². The number of sulfonamides is 1. The van der Waals surface area contributed by atoms with Crippen LogP contribution >= 0.6 is 11.8 Å². The Morgan fingerprint density at radius 3 is 2.37 bits per heavy atom. The molecule has 0 atom stereocenters. The molecule has 0 radical (unpaired) electrons. The smallest absolute Gasteiger partial charge is 0.341 e. The van der Waals surface area contributed by atoms with Gasteiger partial charge in [-0.2, -0.15) is 4.31 Å². The van der Waals surface area contributed by atoms with Crippen LogP contribution in [0.1, 0.15) is 31.4 Å². The number of ether oxygens (including phenoxy) is 1. The summed E-state index contributed by atoms with van der Waals surface area (Å²) < 4.78 is 32.9. The minimum absolute atomic E-state index is 0.328. The van der Waals surface area contributed by atoms with Crippen molar-refractivity contribution in [1.82, 2.24) is 4.31 Å². The van der Waals surface area contributed by atoms with Gasteiger partial charge < -0.3 is 9.84 Å². The van der Waals surface area contributed by atoms with Crippen molar-refractivity contribution in [2.24, 2.45) is 0 Å². The fourth-order valence-corrected chi connectivity index (χ4v) is 5.55. The molecule has 0 heterocycles. The molecule has 1 N–H and O–H groups in total. The summed E-state index contributed by atoms with van der Waals surface area (Å²) in [5.74, 6) is 0.128. The van der Waals surface area contributed by atoms with E-state index in [0.717, 1.165) is 28.9 Å². The van der Waals surface area contributed by atoms with Crippen molar-refractivity contribution in [3.8, 4) is 5.75 Å². The first-order valence-electron chi connectivity index (χ1n) is 9.95. The van der Waals surface area contributed by atoms with Crippen LogP contribution in [0.2, 0.25) is 0 Å². The van der Waals surface area contributed by atoms with Crippen LogP contribution in [-0.4, -0.2) is 49.2 Å². The summed E-state index contributed by atoms with van der Waals surface area (Å²) in [4.78, 5) is 12.0. The molecule has 6 nitrogen and oxygen atoms in total. The molecule has 0 saturated carbocycles. The van der Waals surface area contributed by atoms with Crippen LogP contribution in [0.15, 0.2) is 52.3 Å². The predicted molar refractivity (Wildman–Crippen MR) is 120 cm³/mol. The van der Waals surface area contributed by atoms with E-state index in [4.69, 9.17) is 9.84 Å². The van der Waals surface area contributed by atoms with E-state index < -0.39 is 16.0 Å². The van der Waals surface area contributed by atoms with Crippen LogP contribution in [0, 0.1) is 6.92 Å². The van der Waals surface area contributed by atoms with Gasteiger partial charge in [0.15, 0.2) is 6.61 Å². The zero-order valence-electron chi connectivity index (χ0n) is 17.6. The standard InChI is InChI=1S/C22H29NO5S2/c1-4-12-23(30(26,27)20-9-6-18(5-2)7-10-20)13-14-29-19-8-11-21(17(3)15-19)28-16-22(24)25/h6-11,15H,4-5,12-14,16H2,1-3H3,(H,24,25). The van der Waals surface area contributed by atoms with Gasteiger partial charge in [-0.1, -0.05) is 26.0 Å². The number of thioether (sulfide) groups is 1. The minimum atomic E-state index is -3.53. The molecule has 2 rings (SSSR count). The van der Waals surface area contributed by atoms with E-state index in [1.807, 2.05) is 45.0 Å². The number of carboxylic acid groups (broad SMARTS) is 1. The Bertz CT molecular complexity index is 943. The lowest BCUT2D eigenvalue weighted by atomic mass is 10.2. The average molecular weight is 452 g/mol. The summed E-state index contributed by atoms with van der Waals surface area (Å²) in [6.07, 6.45) is 1.61.